The first kappa shape index (κ1) is 22.7. The largest absolute Gasteiger partial charge is 0.497 e. The fraction of sp³-hybridized carbons (Fsp3) is 0.0833. The molecule has 0 unspecified atom stereocenters. The maximum atomic E-state index is 14.5. The number of nitrogens with zero attached hydrogens (tertiary/aromatic N) is 1. The summed E-state index contributed by atoms with van der Waals surface area (Å²) in [6, 6.07) is 17.4. The maximum absolute atomic E-state index is 14.5. The monoisotopic (exact) mass is 484 g/mol. The summed E-state index contributed by atoms with van der Waals surface area (Å²) in [7, 11) is 3.00. The number of ether oxygens (including phenoxy) is 2. The van der Waals surface area contributed by atoms with Crippen molar-refractivity contribution in [3.63, 3.8) is 0 Å². The average molecular weight is 485 g/mol. The fourth-order valence-electron chi connectivity index (χ4n) is 3.22. The van der Waals surface area contributed by atoms with Gasteiger partial charge in [-0.3, -0.25) is 9.59 Å². The van der Waals surface area contributed by atoms with Gasteiger partial charge < -0.3 is 14.8 Å². The third-order valence-corrected chi connectivity index (χ3v) is 6.18. The number of imide groups is 1. The summed E-state index contributed by atoms with van der Waals surface area (Å²) < 4.78 is 25.1. The highest BCUT2D eigenvalue weighted by Gasteiger charge is 2.41. The Morgan fingerprint density at radius 2 is 1.67 bits per heavy atom. The number of carbonyl (C=O) groups is 2. The lowest BCUT2D eigenvalue weighted by molar-refractivity contribution is -0.120. The molecule has 4 rings (SSSR count). The Morgan fingerprint density at radius 1 is 0.939 bits per heavy atom. The molecule has 0 saturated heterocycles. The molecular weight excluding hydrogens is 467 g/mol. The summed E-state index contributed by atoms with van der Waals surface area (Å²) in [6.45, 7) is 0. The molecule has 2 amide bonds. The molecule has 0 fully saturated rings. The number of nitrogens with one attached hydrogen (secondary N) is 1. The lowest BCUT2D eigenvalue weighted by Crippen LogP contribution is -2.33. The predicted molar refractivity (Wildman–Crippen MR) is 126 cm³/mol. The first-order chi connectivity index (χ1) is 15.9. The molecule has 0 aromatic heterocycles. The van der Waals surface area contributed by atoms with E-state index in [1.807, 2.05) is 0 Å². The second-order valence-electron chi connectivity index (χ2n) is 6.85. The molecular formula is C24H18ClFN2O4S. The van der Waals surface area contributed by atoms with Crippen molar-refractivity contribution in [1.82, 2.24) is 0 Å². The van der Waals surface area contributed by atoms with Gasteiger partial charge in [0, 0.05) is 16.0 Å². The second-order valence-corrected chi connectivity index (χ2v) is 8.37. The highest BCUT2D eigenvalue weighted by atomic mass is 35.5. The third-order valence-electron chi connectivity index (χ3n) is 4.84. The van der Waals surface area contributed by atoms with Crippen molar-refractivity contribution in [2.24, 2.45) is 0 Å². The Balaban J connectivity index is 1.78. The van der Waals surface area contributed by atoms with Gasteiger partial charge >= 0.3 is 0 Å². The quantitative estimate of drug-likeness (QED) is 0.447. The minimum atomic E-state index is -0.682. The molecule has 0 atom stereocenters. The molecule has 168 valence electrons. The summed E-state index contributed by atoms with van der Waals surface area (Å²) in [5, 5.41) is 3.55. The van der Waals surface area contributed by atoms with Crippen molar-refractivity contribution in [2.45, 2.75) is 4.90 Å². The van der Waals surface area contributed by atoms with Gasteiger partial charge in [-0.15, -0.1) is 0 Å². The average Bonchev–Trinajstić information content (AvgIpc) is 3.05. The van der Waals surface area contributed by atoms with E-state index in [0.29, 0.717) is 27.1 Å². The van der Waals surface area contributed by atoms with Gasteiger partial charge in [-0.1, -0.05) is 35.5 Å². The second kappa shape index (κ2) is 9.56. The van der Waals surface area contributed by atoms with Gasteiger partial charge in [0.2, 0.25) is 0 Å². The molecule has 0 aliphatic carbocycles. The molecule has 0 saturated carbocycles. The smallest absolute Gasteiger partial charge is 0.283 e. The first-order valence-electron chi connectivity index (χ1n) is 9.73. The molecule has 9 heteroatoms. The van der Waals surface area contributed by atoms with Crippen LogP contribution in [0.3, 0.4) is 0 Å². The summed E-state index contributed by atoms with van der Waals surface area (Å²) >= 11 is 7.05. The molecule has 6 nitrogen and oxygen atoms in total. The number of carbonyl (C=O) groups excluding carboxylic acids is 2. The van der Waals surface area contributed by atoms with Gasteiger partial charge in [0.25, 0.3) is 11.8 Å². The van der Waals surface area contributed by atoms with Gasteiger partial charge in [0.1, 0.15) is 27.9 Å². The number of methoxy groups -OCH3 is 2. The van der Waals surface area contributed by atoms with Crippen LogP contribution in [0.5, 0.6) is 11.5 Å². The number of halogens is 2. The molecule has 0 spiro atoms. The number of hydrogen-bond acceptors (Lipinski definition) is 6. The zero-order chi connectivity index (χ0) is 23.5. The van der Waals surface area contributed by atoms with E-state index in [1.165, 1.54) is 32.4 Å². The van der Waals surface area contributed by atoms with Gasteiger partial charge in [-0.25, -0.2) is 9.29 Å². The number of hydrogen-bond donors (Lipinski definition) is 1. The molecule has 1 N–H and O–H groups in total. The van der Waals surface area contributed by atoms with Crippen LogP contribution in [0.1, 0.15) is 0 Å². The van der Waals surface area contributed by atoms with Gasteiger partial charge in [0.15, 0.2) is 0 Å². The highest BCUT2D eigenvalue weighted by Crippen LogP contribution is 2.40. The fourth-order valence-corrected chi connectivity index (χ4v) is 4.28. The Hall–Kier alpha value is -3.49. The minimum absolute atomic E-state index is 0.00618. The van der Waals surface area contributed by atoms with Crippen molar-refractivity contribution in [1.29, 1.82) is 0 Å². The van der Waals surface area contributed by atoms with Crippen molar-refractivity contribution < 1.29 is 23.5 Å². The van der Waals surface area contributed by atoms with E-state index in [2.05, 4.69) is 5.32 Å². The SMILES string of the molecule is COc1ccc(NC2=C(Sc3ccc(Cl)cc3)C(=O)N(c3ccccc3F)C2=O)c(OC)c1. The van der Waals surface area contributed by atoms with Crippen molar-refractivity contribution in [2.75, 3.05) is 24.4 Å². The number of para-hydroxylation sites is 1. The number of thioether (sulfide) groups is 1. The number of rotatable bonds is 7. The van der Waals surface area contributed by atoms with Crippen LogP contribution >= 0.6 is 23.4 Å². The van der Waals surface area contributed by atoms with Crippen molar-refractivity contribution in [3.05, 3.63) is 88.2 Å². The van der Waals surface area contributed by atoms with Crippen LogP contribution in [0.2, 0.25) is 5.02 Å². The normalized spacial score (nSPS) is 13.5. The number of benzene rings is 3. The summed E-state index contributed by atoms with van der Waals surface area (Å²) in [6.07, 6.45) is 0. The Bertz CT molecular complexity index is 1260. The van der Waals surface area contributed by atoms with E-state index in [9.17, 15) is 14.0 Å². The van der Waals surface area contributed by atoms with Gasteiger partial charge in [0.05, 0.1) is 25.6 Å². The summed E-state index contributed by atoms with van der Waals surface area (Å²) in [5.41, 5.74) is 0.325. The third kappa shape index (κ3) is 4.53. The minimum Gasteiger partial charge on any atom is -0.497 e. The van der Waals surface area contributed by atoms with Crippen molar-refractivity contribution >= 4 is 46.6 Å². The Morgan fingerprint density at radius 3 is 2.33 bits per heavy atom. The Kier molecular flexibility index (Phi) is 6.57. The topological polar surface area (TPSA) is 67.9 Å². The summed E-state index contributed by atoms with van der Waals surface area (Å²) in [5.74, 6) is -1.04. The van der Waals surface area contributed by atoms with Crippen LogP contribution in [-0.4, -0.2) is 26.0 Å². The van der Waals surface area contributed by atoms with Gasteiger partial charge in [-0.05, 0) is 48.5 Å². The van der Waals surface area contributed by atoms with E-state index < -0.39 is 17.6 Å². The lowest BCUT2D eigenvalue weighted by atomic mass is 10.2. The number of anilines is 2. The van der Waals surface area contributed by atoms with Crippen LogP contribution < -0.4 is 19.7 Å². The van der Waals surface area contributed by atoms with Crippen LogP contribution in [0.25, 0.3) is 0 Å². The molecule has 3 aromatic carbocycles. The Labute approximate surface area is 198 Å². The molecule has 33 heavy (non-hydrogen) atoms. The number of amides is 2. The van der Waals surface area contributed by atoms with Crippen LogP contribution in [-0.2, 0) is 9.59 Å². The van der Waals surface area contributed by atoms with E-state index in [0.717, 1.165) is 16.7 Å². The van der Waals surface area contributed by atoms with Gasteiger partial charge in [-0.2, -0.15) is 0 Å². The standard InChI is InChI=1S/C24H18ClFN2O4S/c1-31-15-9-12-18(20(13-15)32-2)27-21-22(33-16-10-7-14(25)8-11-16)24(30)28(23(21)29)19-6-4-3-5-17(19)26/h3-13,27H,1-2H3. The predicted octanol–water partition coefficient (Wildman–Crippen LogP) is 5.49. The highest BCUT2D eigenvalue weighted by molar-refractivity contribution is 8.04. The first-order valence-corrected chi connectivity index (χ1v) is 10.9. The molecule has 1 aliphatic heterocycles. The molecule has 1 heterocycles. The zero-order valence-electron chi connectivity index (χ0n) is 17.6. The van der Waals surface area contributed by atoms with Crippen LogP contribution in [0.4, 0.5) is 15.8 Å². The van der Waals surface area contributed by atoms with E-state index in [4.69, 9.17) is 21.1 Å². The van der Waals surface area contributed by atoms with Crippen LogP contribution in [0.15, 0.2) is 82.2 Å². The van der Waals surface area contributed by atoms with E-state index in [1.54, 1.807) is 48.5 Å². The van der Waals surface area contributed by atoms with E-state index >= 15 is 0 Å². The summed E-state index contributed by atoms with van der Waals surface area (Å²) in [4.78, 5) is 28.3. The zero-order valence-corrected chi connectivity index (χ0v) is 19.2. The molecule has 3 aromatic rings. The van der Waals surface area contributed by atoms with Crippen LogP contribution in [0, 0.1) is 5.82 Å². The molecule has 0 bridgehead atoms. The lowest BCUT2D eigenvalue weighted by Gasteiger charge is -2.16. The van der Waals surface area contributed by atoms with E-state index in [-0.39, 0.29) is 16.3 Å². The molecule has 0 radical (unpaired) electrons. The molecule has 1 aliphatic rings. The van der Waals surface area contributed by atoms with Crippen molar-refractivity contribution in [3.8, 4) is 11.5 Å². The maximum Gasteiger partial charge on any atom is 0.283 e.